The Hall–Kier alpha value is -1.75. The Morgan fingerprint density at radius 1 is 0.808 bits per heavy atom. The molecule has 1 unspecified atom stereocenters. The molecule has 2 nitrogen and oxygen atoms in total. The first-order valence-electron chi connectivity index (χ1n) is 6.94. The molecule has 2 N–H and O–H groups in total. The zero-order valence-electron chi connectivity index (χ0n) is 12.8. The smallest absolute Gasteiger partial charge is 0.376 e. The van der Waals surface area contributed by atoms with Gasteiger partial charge in [0.2, 0.25) is 0 Å². The summed E-state index contributed by atoms with van der Waals surface area (Å²) in [4.78, 5) is 0. The number of halogens is 9. The first-order valence-corrected chi connectivity index (χ1v) is 6.94. The lowest BCUT2D eigenvalue weighted by atomic mass is 9.82. The first kappa shape index (κ1) is 20.6. The molecule has 0 bridgehead atoms. The predicted molar refractivity (Wildman–Crippen MR) is 70.8 cm³/mol. The number of allylic oxidation sites excluding steroid dienone is 1. The Balaban J connectivity index is 2.86. The van der Waals surface area contributed by atoms with Gasteiger partial charge in [-0.05, 0) is 42.2 Å². The van der Waals surface area contributed by atoms with Gasteiger partial charge in [0.1, 0.15) is 0 Å². The summed E-state index contributed by atoms with van der Waals surface area (Å²) in [5.41, 5.74) is -13.2. The van der Waals surface area contributed by atoms with Gasteiger partial charge in [-0.15, -0.1) is 0 Å². The van der Waals surface area contributed by atoms with E-state index in [0.29, 0.717) is 6.07 Å². The van der Waals surface area contributed by atoms with E-state index in [1.807, 2.05) is 0 Å². The Morgan fingerprint density at radius 2 is 1.31 bits per heavy atom. The fraction of sp³-hybridized carbons (Fsp3) is 0.467. The molecule has 26 heavy (non-hydrogen) atoms. The minimum absolute atomic E-state index is 0.0969. The maximum atomic E-state index is 13.1. The van der Waals surface area contributed by atoms with Crippen molar-refractivity contribution in [2.24, 2.45) is 0 Å². The summed E-state index contributed by atoms with van der Waals surface area (Å²) in [5, 5.41) is 19.2. The van der Waals surface area contributed by atoms with Crippen LogP contribution in [-0.4, -0.2) is 28.7 Å². The maximum Gasteiger partial charge on any atom is 0.430 e. The molecule has 11 heteroatoms. The lowest BCUT2D eigenvalue weighted by Crippen LogP contribution is -2.54. The van der Waals surface area contributed by atoms with Gasteiger partial charge in [0.25, 0.3) is 5.60 Å². The fourth-order valence-corrected chi connectivity index (χ4v) is 2.61. The molecule has 0 radical (unpaired) electrons. The van der Waals surface area contributed by atoms with E-state index in [1.54, 1.807) is 0 Å². The van der Waals surface area contributed by atoms with Crippen LogP contribution in [0.4, 0.5) is 39.5 Å². The third-order valence-corrected chi connectivity index (χ3v) is 4.23. The molecule has 0 aromatic heterocycles. The van der Waals surface area contributed by atoms with Gasteiger partial charge < -0.3 is 10.2 Å². The Kier molecular flexibility index (Phi) is 4.45. The number of benzene rings is 1. The van der Waals surface area contributed by atoms with Crippen molar-refractivity contribution in [2.75, 3.05) is 0 Å². The highest BCUT2D eigenvalue weighted by Gasteiger charge is 2.72. The third-order valence-electron chi connectivity index (χ3n) is 4.23. The van der Waals surface area contributed by atoms with Crippen molar-refractivity contribution in [3.63, 3.8) is 0 Å². The summed E-state index contributed by atoms with van der Waals surface area (Å²) in [6, 6.07) is 0.545. The SMILES string of the molecule is CC(O)(c1cc2c(c(C(O)(C(F)(F)F)C(F)(F)F)c1)CC=C2)C(F)(F)F. The van der Waals surface area contributed by atoms with E-state index in [-0.39, 0.29) is 18.6 Å². The molecular formula is C15H11F9O2. The van der Waals surface area contributed by atoms with Crippen LogP contribution in [0.25, 0.3) is 6.08 Å². The summed E-state index contributed by atoms with van der Waals surface area (Å²) < 4.78 is 118. The summed E-state index contributed by atoms with van der Waals surface area (Å²) in [6.45, 7) is 0.192. The second-order valence-electron chi connectivity index (χ2n) is 5.97. The van der Waals surface area contributed by atoms with Crippen LogP contribution in [0.15, 0.2) is 18.2 Å². The molecule has 1 aliphatic carbocycles. The first-order chi connectivity index (χ1) is 11.4. The molecule has 1 atom stereocenters. The number of hydrogen-bond acceptors (Lipinski definition) is 2. The van der Waals surface area contributed by atoms with E-state index >= 15 is 0 Å². The van der Waals surface area contributed by atoms with Gasteiger partial charge in [-0.25, -0.2) is 0 Å². The van der Waals surface area contributed by atoms with E-state index in [1.165, 1.54) is 0 Å². The summed E-state index contributed by atoms with van der Waals surface area (Å²) in [5.74, 6) is 0. The monoisotopic (exact) mass is 394 g/mol. The van der Waals surface area contributed by atoms with Crippen molar-refractivity contribution < 1.29 is 49.7 Å². The van der Waals surface area contributed by atoms with Gasteiger partial charge in [-0.3, -0.25) is 0 Å². The van der Waals surface area contributed by atoms with Crippen molar-refractivity contribution in [2.45, 2.75) is 43.1 Å². The van der Waals surface area contributed by atoms with Crippen LogP contribution in [-0.2, 0) is 17.6 Å². The van der Waals surface area contributed by atoms with Crippen LogP contribution in [0, 0.1) is 0 Å². The van der Waals surface area contributed by atoms with E-state index in [2.05, 4.69) is 0 Å². The van der Waals surface area contributed by atoms with E-state index in [4.69, 9.17) is 0 Å². The number of alkyl halides is 9. The van der Waals surface area contributed by atoms with Gasteiger partial charge in [0.05, 0.1) is 0 Å². The molecule has 0 fully saturated rings. The van der Waals surface area contributed by atoms with Gasteiger partial charge in [0, 0.05) is 5.56 Å². The number of hydrogen-bond donors (Lipinski definition) is 2. The normalized spacial score (nSPS) is 18.0. The zero-order valence-corrected chi connectivity index (χ0v) is 12.8. The maximum absolute atomic E-state index is 13.1. The second kappa shape index (κ2) is 5.62. The third kappa shape index (κ3) is 2.86. The summed E-state index contributed by atoms with van der Waals surface area (Å²) in [7, 11) is 0. The van der Waals surface area contributed by atoms with Gasteiger partial charge >= 0.3 is 18.5 Å². The van der Waals surface area contributed by atoms with E-state index in [0.717, 1.165) is 12.2 Å². The topological polar surface area (TPSA) is 40.5 Å². The van der Waals surface area contributed by atoms with Crippen LogP contribution in [0.5, 0.6) is 0 Å². The molecule has 1 aliphatic rings. The molecule has 0 amide bonds. The zero-order chi connectivity index (χ0) is 20.3. The highest BCUT2D eigenvalue weighted by Crippen LogP contribution is 2.53. The predicted octanol–water partition coefficient (Wildman–Crippen LogP) is 4.34. The van der Waals surface area contributed by atoms with Gasteiger partial charge in [0.15, 0.2) is 5.60 Å². The minimum Gasteiger partial charge on any atom is -0.376 e. The van der Waals surface area contributed by atoms with Crippen molar-refractivity contribution >= 4 is 6.08 Å². The van der Waals surface area contributed by atoms with Crippen molar-refractivity contribution in [3.05, 3.63) is 40.5 Å². The van der Waals surface area contributed by atoms with Crippen LogP contribution in [0.3, 0.4) is 0 Å². The second-order valence-corrected chi connectivity index (χ2v) is 5.97. The number of rotatable bonds is 2. The molecule has 146 valence electrons. The number of fused-ring (bicyclic) bond motifs is 1. The molecule has 0 aliphatic heterocycles. The fourth-order valence-electron chi connectivity index (χ4n) is 2.61. The Morgan fingerprint density at radius 3 is 1.73 bits per heavy atom. The lowest BCUT2D eigenvalue weighted by molar-refractivity contribution is -0.376. The van der Waals surface area contributed by atoms with Crippen molar-refractivity contribution in [1.29, 1.82) is 0 Å². The molecule has 1 aromatic rings. The Labute approximate surface area is 140 Å². The standard InChI is InChI=1S/C15H11F9O2/c1-11(25,13(16,17)18)8-5-7-3-2-4-9(7)10(6-8)12(26,14(19,20)21)15(22,23)24/h2-3,5-6,25-26H,4H2,1H3. The van der Waals surface area contributed by atoms with Crippen LogP contribution in [0.2, 0.25) is 0 Å². The number of aliphatic hydroxyl groups is 2. The molecule has 2 rings (SSSR count). The molecule has 1 aromatic carbocycles. The Bertz CT molecular complexity index is 725. The largest absolute Gasteiger partial charge is 0.430 e. The molecular weight excluding hydrogens is 383 g/mol. The van der Waals surface area contributed by atoms with E-state index in [9.17, 15) is 49.7 Å². The average Bonchev–Trinajstić information content (AvgIpc) is 2.89. The lowest BCUT2D eigenvalue weighted by Gasteiger charge is -2.35. The molecule has 0 heterocycles. The molecule has 0 spiro atoms. The summed E-state index contributed by atoms with van der Waals surface area (Å²) in [6.07, 6.45) is -16.2. The van der Waals surface area contributed by atoms with Crippen LogP contribution >= 0.6 is 0 Å². The van der Waals surface area contributed by atoms with Crippen LogP contribution < -0.4 is 0 Å². The van der Waals surface area contributed by atoms with Crippen molar-refractivity contribution in [3.8, 4) is 0 Å². The molecule has 0 saturated carbocycles. The highest BCUT2D eigenvalue weighted by atomic mass is 19.4. The highest BCUT2D eigenvalue weighted by molar-refractivity contribution is 5.65. The molecule has 0 saturated heterocycles. The van der Waals surface area contributed by atoms with E-state index < -0.39 is 52.8 Å². The van der Waals surface area contributed by atoms with Gasteiger partial charge in [-0.1, -0.05) is 12.2 Å². The van der Waals surface area contributed by atoms with Crippen molar-refractivity contribution in [1.82, 2.24) is 0 Å². The van der Waals surface area contributed by atoms with Gasteiger partial charge in [-0.2, -0.15) is 39.5 Å². The quantitative estimate of drug-likeness (QED) is 0.733. The summed E-state index contributed by atoms with van der Waals surface area (Å²) >= 11 is 0. The minimum atomic E-state index is -6.26. The van der Waals surface area contributed by atoms with Crippen LogP contribution in [0.1, 0.15) is 29.2 Å². The average molecular weight is 394 g/mol.